The number of hydrogen-bond acceptors (Lipinski definition) is 6. The van der Waals surface area contributed by atoms with Gasteiger partial charge in [0.05, 0.1) is 24.1 Å². The quantitative estimate of drug-likeness (QED) is 0.859. The molecule has 2 aliphatic rings. The zero-order chi connectivity index (χ0) is 17.0. The number of hydrogen-bond donors (Lipinski definition) is 1. The van der Waals surface area contributed by atoms with Crippen LogP contribution in [0.4, 0.5) is 10.3 Å². The third kappa shape index (κ3) is 3.99. The Morgan fingerprint density at radius 1 is 1.50 bits per heavy atom. The van der Waals surface area contributed by atoms with Crippen molar-refractivity contribution in [2.24, 2.45) is 0 Å². The van der Waals surface area contributed by atoms with Crippen molar-refractivity contribution in [1.29, 1.82) is 0 Å². The summed E-state index contributed by atoms with van der Waals surface area (Å²) >= 11 is 0. The van der Waals surface area contributed by atoms with Gasteiger partial charge in [-0.25, -0.2) is 14.4 Å². The Morgan fingerprint density at radius 3 is 3.04 bits per heavy atom. The monoisotopic (exact) mass is 338 g/mol. The zero-order valence-corrected chi connectivity index (χ0v) is 13.8. The molecule has 1 aromatic heterocycles. The first-order valence-electron chi connectivity index (χ1n) is 8.26. The summed E-state index contributed by atoms with van der Waals surface area (Å²) in [4.78, 5) is 21.7. The maximum Gasteiger partial charge on any atom is 0.246 e. The summed E-state index contributed by atoms with van der Waals surface area (Å²) in [7, 11) is 1.50. The Labute approximate surface area is 140 Å². The van der Waals surface area contributed by atoms with Crippen LogP contribution in [0.15, 0.2) is 12.4 Å². The lowest BCUT2D eigenvalue weighted by Gasteiger charge is -2.38. The molecule has 8 heteroatoms. The highest BCUT2D eigenvalue weighted by atomic mass is 19.1. The molecule has 2 fully saturated rings. The van der Waals surface area contributed by atoms with Gasteiger partial charge in [-0.15, -0.1) is 0 Å². The molecule has 1 spiro atoms. The molecule has 0 radical (unpaired) electrons. The predicted molar refractivity (Wildman–Crippen MR) is 85.2 cm³/mol. The number of anilines is 1. The summed E-state index contributed by atoms with van der Waals surface area (Å²) in [5.41, 5.74) is -0.230. The van der Waals surface area contributed by atoms with Gasteiger partial charge in [0.25, 0.3) is 0 Å². The van der Waals surface area contributed by atoms with Gasteiger partial charge in [0.2, 0.25) is 11.9 Å². The normalized spacial score (nSPS) is 26.8. The van der Waals surface area contributed by atoms with Gasteiger partial charge in [0, 0.05) is 26.7 Å². The topological polar surface area (TPSA) is 76.6 Å². The van der Waals surface area contributed by atoms with Crippen molar-refractivity contribution in [3.05, 3.63) is 18.2 Å². The van der Waals surface area contributed by atoms with Crippen molar-refractivity contribution >= 4 is 11.9 Å². The Balaban J connectivity index is 1.56. The predicted octanol–water partition coefficient (Wildman–Crippen LogP) is 0.896. The Bertz CT molecular complexity index is 571. The number of amides is 1. The van der Waals surface area contributed by atoms with Crippen molar-refractivity contribution in [2.45, 2.75) is 37.4 Å². The van der Waals surface area contributed by atoms with Crippen LogP contribution in [0.1, 0.15) is 25.7 Å². The van der Waals surface area contributed by atoms with Crippen molar-refractivity contribution < 1.29 is 18.7 Å². The number of methoxy groups -OCH3 is 1. The summed E-state index contributed by atoms with van der Waals surface area (Å²) < 4.78 is 24.1. The average molecular weight is 338 g/mol. The smallest absolute Gasteiger partial charge is 0.246 e. The number of nitrogens with zero attached hydrogens (tertiary/aromatic N) is 3. The molecule has 132 valence electrons. The van der Waals surface area contributed by atoms with E-state index in [1.807, 2.05) is 4.90 Å². The minimum Gasteiger partial charge on any atom is -0.375 e. The second-order valence-electron chi connectivity index (χ2n) is 6.43. The maximum absolute atomic E-state index is 13.0. The number of ether oxygens (including phenoxy) is 2. The van der Waals surface area contributed by atoms with Crippen LogP contribution in [0, 0.1) is 5.82 Å². The van der Waals surface area contributed by atoms with E-state index in [2.05, 4.69) is 15.3 Å². The fraction of sp³-hybridized carbons (Fsp3) is 0.688. The first kappa shape index (κ1) is 17.0. The SMILES string of the molecule is COCC(=O)NC[C@H]1CCC[C@]2(CCN(c3ncc(F)cn3)C2)O1. The van der Waals surface area contributed by atoms with Crippen molar-refractivity contribution in [3.8, 4) is 0 Å². The molecule has 1 N–H and O–H groups in total. The number of rotatable bonds is 5. The lowest BCUT2D eigenvalue weighted by Crippen LogP contribution is -2.47. The highest BCUT2D eigenvalue weighted by Gasteiger charge is 2.43. The second-order valence-corrected chi connectivity index (χ2v) is 6.43. The summed E-state index contributed by atoms with van der Waals surface area (Å²) in [6.07, 6.45) is 6.23. The minimum absolute atomic E-state index is 0.00800. The largest absolute Gasteiger partial charge is 0.375 e. The van der Waals surface area contributed by atoms with Gasteiger partial charge in [-0.3, -0.25) is 4.79 Å². The summed E-state index contributed by atoms with van der Waals surface area (Å²) in [5, 5.41) is 2.84. The number of aromatic nitrogens is 2. The molecule has 7 nitrogen and oxygen atoms in total. The van der Waals surface area contributed by atoms with E-state index in [1.54, 1.807) is 0 Å². The highest BCUT2D eigenvalue weighted by molar-refractivity contribution is 5.77. The number of carbonyl (C=O) groups excluding carboxylic acids is 1. The summed E-state index contributed by atoms with van der Waals surface area (Å²) in [5.74, 6) is -0.0330. The van der Waals surface area contributed by atoms with Crippen LogP contribution in [0.25, 0.3) is 0 Å². The molecule has 0 unspecified atom stereocenters. The molecular weight excluding hydrogens is 315 g/mol. The van der Waals surface area contributed by atoms with E-state index < -0.39 is 5.82 Å². The van der Waals surface area contributed by atoms with E-state index in [0.29, 0.717) is 19.0 Å². The van der Waals surface area contributed by atoms with Crippen LogP contribution in [0.2, 0.25) is 0 Å². The fourth-order valence-electron chi connectivity index (χ4n) is 3.46. The molecule has 1 aromatic rings. The molecule has 0 bridgehead atoms. The Morgan fingerprint density at radius 2 is 2.29 bits per heavy atom. The molecule has 2 atom stereocenters. The maximum atomic E-state index is 13.0. The Kier molecular flexibility index (Phi) is 5.25. The molecule has 2 aliphatic heterocycles. The molecule has 0 saturated carbocycles. The molecule has 2 saturated heterocycles. The van der Waals surface area contributed by atoms with Crippen molar-refractivity contribution in [3.63, 3.8) is 0 Å². The van der Waals surface area contributed by atoms with E-state index in [0.717, 1.165) is 32.2 Å². The lowest BCUT2D eigenvalue weighted by molar-refractivity contribution is -0.131. The number of halogens is 1. The van der Waals surface area contributed by atoms with Gasteiger partial charge in [0.15, 0.2) is 5.82 Å². The van der Waals surface area contributed by atoms with Gasteiger partial charge in [0.1, 0.15) is 6.61 Å². The van der Waals surface area contributed by atoms with E-state index >= 15 is 0 Å². The molecule has 24 heavy (non-hydrogen) atoms. The standard InChI is InChI=1S/C16H23FN4O3/c1-23-10-14(22)18-9-13-3-2-4-16(24-13)5-6-21(11-16)15-19-7-12(17)8-20-15/h7-8,13H,2-6,9-11H2,1H3,(H,18,22)/t13-,16-/m1/s1. The number of nitrogens with one attached hydrogen (secondary N) is 1. The molecule has 0 aliphatic carbocycles. The number of carbonyl (C=O) groups is 1. The van der Waals surface area contributed by atoms with Crippen LogP contribution in [0.3, 0.4) is 0 Å². The van der Waals surface area contributed by atoms with Crippen LogP contribution >= 0.6 is 0 Å². The minimum atomic E-state index is -0.437. The van der Waals surface area contributed by atoms with Gasteiger partial charge < -0.3 is 19.7 Å². The van der Waals surface area contributed by atoms with Gasteiger partial charge >= 0.3 is 0 Å². The molecule has 0 aromatic carbocycles. The zero-order valence-electron chi connectivity index (χ0n) is 13.8. The average Bonchev–Trinajstić information content (AvgIpc) is 2.97. The first-order valence-corrected chi connectivity index (χ1v) is 8.26. The van der Waals surface area contributed by atoms with Crippen LogP contribution in [-0.4, -0.2) is 60.9 Å². The Hall–Kier alpha value is -1.80. The third-order valence-corrected chi connectivity index (χ3v) is 4.58. The van der Waals surface area contributed by atoms with E-state index in [4.69, 9.17) is 9.47 Å². The van der Waals surface area contributed by atoms with Crippen molar-refractivity contribution in [2.75, 3.05) is 38.3 Å². The highest BCUT2D eigenvalue weighted by Crippen LogP contribution is 2.37. The van der Waals surface area contributed by atoms with Gasteiger partial charge in [-0.05, 0) is 25.7 Å². The third-order valence-electron chi connectivity index (χ3n) is 4.58. The van der Waals surface area contributed by atoms with Gasteiger partial charge in [-0.1, -0.05) is 0 Å². The molecule has 3 rings (SSSR count). The molecule has 3 heterocycles. The summed E-state index contributed by atoms with van der Waals surface area (Å²) in [6.45, 7) is 2.04. The second kappa shape index (κ2) is 7.40. The summed E-state index contributed by atoms with van der Waals surface area (Å²) in [6, 6.07) is 0. The van der Waals surface area contributed by atoms with E-state index in [-0.39, 0.29) is 24.2 Å². The van der Waals surface area contributed by atoms with E-state index in [9.17, 15) is 9.18 Å². The van der Waals surface area contributed by atoms with Crippen LogP contribution < -0.4 is 10.2 Å². The van der Waals surface area contributed by atoms with Crippen LogP contribution in [0.5, 0.6) is 0 Å². The fourth-order valence-corrected chi connectivity index (χ4v) is 3.46. The van der Waals surface area contributed by atoms with Gasteiger partial charge in [-0.2, -0.15) is 0 Å². The van der Waals surface area contributed by atoms with Crippen LogP contribution in [-0.2, 0) is 14.3 Å². The van der Waals surface area contributed by atoms with Crippen molar-refractivity contribution in [1.82, 2.24) is 15.3 Å². The first-order chi connectivity index (χ1) is 11.6. The molecular formula is C16H23FN4O3. The molecule has 1 amide bonds. The lowest BCUT2D eigenvalue weighted by atomic mass is 9.90. The van der Waals surface area contributed by atoms with E-state index in [1.165, 1.54) is 19.5 Å².